The Kier molecular flexibility index (Phi) is 5.08. The standard InChI is InChI=1S/C15H15ClN2O5S2/c16-9-3-1-2-4-10(9)18-11-7-25(22,23)8-12(11)24-15(18)17-13(19)5-6-14(20)21/h1-4,11-12H,5-8H2,(H,20,21). The number of thioether (sulfide) groups is 1. The van der Waals surface area contributed by atoms with Crippen molar-refractivity contribution in [1.29, 1.82) is 0 Å². The number of aliphatic carboxylic acids is 1. The predicted octanol–water partition coefficient (Wildman–Crippen LogP) is 1.81. The number of anilines is 1. The lowest BCUT2D eigenvalue weighted by molar-refractivity contribution is -0.138. The van der Waals surface area contributed by atoms with Crippen LogP contribution in [-0.2, 0) is 19.4 Å². The number of benzene rings is 1. The van der Waals surface area contributed by atoms with E-state index in [0.29, 0.717) is 15.9 Å². The van der Waals surface area contributed by atoms with Crippen LogP contribution in [0.4, 0.5) is 5.69 Å². The molecule has 0 spiro atoms. The molecule has 0 bridgehead atoms. The first kappa shape index (κ1) is 18.2. The Morgan fingerprint density at radius 2 is 2.00 bits per heavy atom. The Balaban J connectivity index is 1.94. The second-order valence-electron chi connectivity index (χ2n) is 5.80. The number of carbonyl (C=O) groups excluding carboxylic acids is 1. The molecule has 2 atom stereocenters. The molecule has 2 heterocycles. The predicted molar refractivity (Wildman–Crippen MR) is 97.1 cm³/mol. The van der Waals surface area contributed by atoms with E-state index in [9.17, 15) is 18.0 Å². The lowest BCUT2D eigenvalue weighted by atomic mass is 10.2. The maximum atomic E-state index is 12.0. The zero-order valence-electron chi connectivity index (χ0n) is 13.0. The van der Waals surface area contributed by atoms with Gasteiger partial charge in [-0.1, -0.05) is 35.5 Å². The van der Waals surface area contributed by atoms with E-state index in [2.05, 4.69) is 4.99 Å². The van der Waals surface area contributed by atoms with Crippen molar-refractivity contribution in [1.82, 2.24) is 0 Å². The van der Waals surface area contributed by atoms with Gasteiger partial charge in [-0.25, -0.2) is 8.42 Å². The maximum absolute atomic E-state index is 12.0. The van der Waals surface area contributed by atoms with Crippen LogP contribution in [0, 0.1) is 0 Å². The third-order valence-electron chi connectivity index (χ3n) is 3.95. The van der Waals surface area contributed by atoms with Crippen molar-refractivity contribution in [2.75, 3.05) is 16.4 Å². The molecule has 3 rings (SSSR count). The SMILES string of the molecule is O=C(O)CCC(=O)N=C1SC2CS(=O)(=O)CC2N1c1ccccc1Cl. The number of aliphatic imine (C=N–C) groups is 1. The molecule has 2 fully saturated rings. The van der Waals surface area contributed by atoms with Crippen molar-refractivity contribution in [3.8, 4) is 0 Å². The summed E-state index contributed by atoms with van der Waals surface area (Å²) in [4.78, 5) is 28.3. The first-order valence-corrected chi connectivity index (χ1v) is 10.6. The molecule has 0 aromatic heterocycles. The molecule has 25 heavy (non-hydrogen) atoms. The first-order valence-electron chi connectivity index (χ1n) is 7.51. The second-order valence-corrected chi connectivity index (χ2v) is 9.57. The highest BCUT2D eigenvalue weighted by atomic mass is 35.5. The Morgan fingerprint density at radius 3 is 2.68 bits per heavy atom. The smallest absolute Gasteiger partial charge is 0.303 e. The summed E-state index contributed by atoms with van der Waals surface area (Å²) in [5, 5.41) is 9.25. The lowest BCUT2D eigenvalue weighted by Gasteiger charge is -2.25. The van der Waals surface area contributed by atoms with Crippen molar-refractivity contribution in [2.24, 2.45) is 4.99 Å². The number of hydrogen-bond donors (Lipinski definition) is 1. The van der Waals surface area contributed by atoms with Gasteiger partial charge in [-0.15, -0.1) is 0 Å². The average Bonchev–Trinajstić information content (AvgIpc) is 2.97. The molecule has 1 N–H and O–H groups in total. The summed E-state index contributed by atoms with van der Waals surface area (Å²) in [5.41, 5.74) is 0.589. The van der Waals surface area contributed by atoms with Crippen molar-refractivity contribution < 1.29 is 23.1 Å². The van der Waals surface area contributed by atoms with Gasteiger partial charge in [-0.05, 0) is 12.1 Å². The molecule has 1 aromatic carbocycles. The van der Waals surface area contributed by atoms with Crippen LogP contribution in [0.2, 0.25) is 5.02 Å². The van der Waals surface area contributed by atoms with Gasteiger partial charge in [0.05, 0.1) is 34.7 Å². The van der Waals surface area contributed by atoms with Crippen molar-refractivity contribution >= 4 is 55.9 Å². The number of carboxylic acids is 1. The monoisotopic (exact) mass is 402 g/mol. The summed E-state index contributed by atoms with van der Waals surface area (Å²) in [6, 6.07) is 6.61. The topological polar surface area (TPSA) is 104 Å². The van der Waals surface area contributed by atoms with E-state index in [-0.39, 0.29) is 35.6 Å². The number of carbonyl (C=O) groups is 2. The van der Waals surface area contributed by atoms with Crippen LogP contribution < -0.4 is 4.90 Å². The largest absolute Gasteiger partial charge is 0.481 e. The van der Waals surface area contributed by atoms with Crippen molar-refractivity contribution in [3.05, 3.63) is 29.3 Å². The normalized spacial score (nSPS) is 26.0. The molecular formula is C15H15ClN2O5S2. The molecule has 7 nitrogen and oxygen atoms in total. The van der Waals surface area contributed by atoms with Gasteiger partial charge < -0.3 is 10.0 Å². The molecule has 2 aliphatic heterocycles. The highest BCUT2D eigenvalue weighted by Crippen LogP contribution is 2.42. The number of fused-ring (bicyclic) bond motifs is 1. The van der Waals surface area contributed by atoms with Crippen LogP contribution in [0.15, 0.2) is 29.3 Å². The van der Waals surface area contributed by atoms with E-state index in [1.165, 1.54) is 11.8 Å². The summed E-state index contributed by atoms with van der Waals surface area (Å²) < 4.78 is 23.9. The Morgan fingerprint density at radius 1 is 1.28 bits per heavy atom. The van der Waals surface area contributed by atoms with Crippen molar-refractivity contribution in [3.63, 3.8) is 0 Å². The quantitative estimate of drug-likeness (QED) is 0.818. The van der Waals surface area contributed by atoms with Crippen LogP contribution in [0.3, 0.4) is 0 Å². The van der Waals surface area contributed by atoms with Crippen LogP contribution in [0.25, 0.3) is 0 Å². The fourth-order valence-corrected chi connectivity index (χ4v) is 7.02. The zero-order chi connectivity index (χ0) is 18.2. The lowest BCUT2D eigenvalue weighted by Crippen LogP contribution is -2.37. The average molecular weight is 403 g/mol. The number of nitrogens with zero attached hydrogens (tertiary/aromatic N) is 2. The molecule has 10 heteroatoms. The van der Waals surface area contributed by atoms with Gasteiger partial charge in [0.25, 0.3) is 0 Å². The molecule has 1 aromatic rings. The van der Waals surface area contributed by atoms with Crippen LogP contribution in [0.5, 0.6) is 0 Å². The Labute approximate surface area is 154 Å². The maximum Gasteiger partial charge on any atom is 0.303 e. The summed E-state index contributed by atoms with van der Waals surface area (Å²) in [6.45, 7) is 0. The van der Waals surface area contributed by atoms with E-state index in [0.717, 1.165) is 0 Å². The minimum Gasteiger partial charge on any atom is -0.481 e. The summed E-state index contributed by atoms with van der Waals surface area (Å²) in [5.74, 6) is -1.63. The highest BCUT2D eigenvalue weighted by molar-refractivity contribution is 8.16. The number of halogens is 1. The molecule has 0 aliphatic carbocycles. The van der Waals surface area contributed by atoms with E-state index >= 15 is 0 Å². The summed E-state index contributed by atoms with van der Waals surface area (Å²) in [6.07, 6.45) is -0.503. The number of carboxylic acid groups (broad SMARTS) is 1. The van der Waals surface area contributed by atoms with E-state index in [4.69, 9.17) is 16.7 Å². The van der Waals surface area contributed by atoms with Gasteiger partial charge >= 0.3 is 5.97 Å². The molecule has 2 unspecified atom stereocenters. The van der Waals surface area contributed by atoms with Gasteiger partial charge in [-0.2, -0.15) is 4.99 Å². The Hall–Kier alpha value is -1.58. The molecule has 1 amide bonds. The third-order valence-corrected chi connectivity index (χ3v) is 7.48. The number of amidine groups is 1. The molecule has 0 radical (unpaired) electrons. The van der Waals surface area contributed by atoms with E-state index in [1.807, 2.05) is 0 Å². The number of rotatable bonds is 4. The number of hydrogen-bond acceptors (Lipinski definition) is 5. The molecule has 0 saturated carbocycles. The fourth-order valence-electron chi connectivity index (χ4n) is 2.87. The van der Waals surface area contributed by atoms with Gasteiger partial charge in [-0.3, -0.25) is 9.59 Å². The minimum absolute atomic E-state index is 0.0195. The molecule has 2 saturated heterocycles. The van der Waals surface area contributed by atoms with Gasteiger partial charge in [0, 0.05) is 11.7 Å². The number of para-hydroxylation sites is 1. The van der Waals surface area contributed by atoms with Crippen LogP contribution in [-0.4, -0.2) is 53.4 Å². The second kappa shape index (κ2) is 6.97. The van der Waals surface area contributed by atoms with Crippen LogP contribution >= 0.6 is 23.4 Å². The van der Waals surface area contributed by atoms with E-state index in [1.54, 1.807) is 29.2 Å². The first-order chi connectivity index (χ1) is 11.8. The number of amides is 1. The zero-order valence-corrected chi connectivity index (χ0v) is 15.4. The highest BCUT2D eigenvalue weighted by Gasteiger charge is 2.49. The van der Waals surface area contributed by atoms with E-state index < -0.39 is 21.7 Å². The molecule has 134 valence electrons. The van der Waals surface area contributed by atoms with Crippen LogP contribution in [0.1, 0.15) is 12.8 Å². The van der Waals surface area contributed by atoms with Crippen molar-refractivity contribution in [2.45, 2.75) is 24.1 Å². The fraction of sp³-hybridized carbons (Fsp3) is 0.400. The van der Waals surface area contributed by atoms with Gasteiger partial charge in [0.15, 0.2) is 15.0 Å². The Bertz CT molecular complexity index is 855. The molecular weight excluding hydrogens is 388 g/mol. The minimum atomic E-state index is -3.16. The number of sulfone groups is 1. The summed E-state index contributed by atoms with van der Waals surface area (Å²) >= 11 is 7.48. The van der Waals surface area contributed by atoms with Gasteiger partial charge in [0.2, 0.25) is 5.91 Å². The summed E-state index contributed by atoms with van der Waals surface area (Å²) in [7, 11) is -3.16. The third kappa shape index (κ3) is 3.99. The van der Waals surface area contributed by atoms with Gasteiger partial charge in [0.1, 0.15) is 0 Å². The molecule has 2 aliphatic rings.